The van der Waals surface area contributed by atoms with Gasteiger partial charge in [0.05, 0.1) is 0 Å². The molecule has 0 saturated carbocycles. The molecule has 1 rings (SSSR count). The lowest BCUT2D eigenvalue weighted by molar-refractivity contribution is -0.202. The van der Waals surface area contributed by atoms with Crippen molar-refractivity contribution in [3.63, 3.8) is 0 Å². The first-order chi connectivity index (χ1) is 9.17. The van der Waals surface area contributed by atoms with Crippen LogP contribution in [0, 0.1) is 5.92 Å². The largest absolute Gasteiger partial charge is 0.366 e. The lowest BCUT2D eigenvalue weighted by atomic mass is 10.0. The van der Waals surface area contributed by atoms with Gasteiger partial charge in [0.25, 0.3) is 0 Å². The summed E-state index contributed by atoms with van der Waals surface area (Å²) in [5.41, 5.74) is 1.73. The van der Waals surface area contributed by atoms with E-state index in [0.717, 1.165) is 30.5 Å². The monoisotopic (exact) mass is 291 g/mol. The minimum Gasteiger partial charge on any atom is -0.366 e. The van der Waals surface area contributed by atoms with E-state index in [4.69, 9.17) is 0 Å². The molecule has 1 atom stereocenters. The second-order valence-corrected chi connectivity index (χ2v) is 5.30. The predicted octanol–water partition coefficient (Wildman–Crippen LogP) is 5.03. The van der Waals surface area contributed by atoms with Crippen molar-refractivity contribution in [1.82, 2.24) is 5.32 Å². The molecular formula is C15H21F4N. The molecule has 0 bridgehead atoms. The van der Waals surface area contributed by atoms with E-state index >= 15 is 0 Å². The third kappa shape index (κ3) is 5.02. The Kier molecular flexibility index (Phi) is 5.42. The van der Waals surface area contributed by atoms with Gasteiger partial charge in [-0.15, -0.1) is 0 Å². The van der Waals surface area contributed by atoms with Crippen molar-refractivity contribution in [3.8, 4) is 0 Å². The summed E-state index contributed by atoms with van der Waals surface area (Å²) < 4.78 is 51.7. The Balaban J connectivity index is 2.17. The minimum atomic E-state index is -3.96. The zero-order valence-corrected chi connectivity index (χ0v) is 11.7. The van der Waals surface area contributed by atoms with Crippen molar-refractivity contribution in [2.45, 2.75) is 50.9 Å². The van der Waals surface area contributed by atoms with Crippen LogP contribution in [0.2, 0.25) is 0 Å². The lowest BCUT2D eigenvalue weighted by Gasteiger charge is -2.23. The van der Waals surface area contributed by atoms with E-state index in [-0.39, 0.29) is 6.92 Å². The zero-order valence-electron chi connectivity index (χ0n) is 11.7. The van der Waals surface area contributed by atoms with E-state index in [0.29, 0.717) is 6.42 Å². The maximum Gasteiger partial charge on any atom is 0.310 e. The SMILES string of the molecule is C=CNC(=C)CCCCC1=CC1CC(F)(F)C(C)(F)F. The molecule has 0 aromatic rings. The maximum absolute atomic E-state index is 13.2. The second-order valence-electron chi connectivity index (χ2n) is 5.30. The summed E-state index contributed by atoms with van der Waals surface area (Å²) in [4.78, 5) is 0. The molecule has 0 spiro atoms. The van der Waals surface area contributed by atoms with Crippen LogP contribution in [0.3, 0.4) is 0 Å². The van der Waals surface area contributed by atoms with Gasteiger partial charge in [-0.1, -0.05) is 24.8 Å². The van der Waals surface area contributed by atoms with Gasteiger partial charge < -0.3 is 5.32 Å². The summed E-state index contributed by atoms with van der Waals surface area (Å²) in [7, 11) is 0. The normalized spacial score (nSPS) is 18.4. The Morgan fingerprint density at radius 1 is 1.35 bits per heavy atom. The Labute approximate surface area is 117 Å². The number of nitrogens with one attached hydrogen (secondary N) is 1. The highest BCUT2D eigenvalue weighted by atomic mass is 19.3. The van der Waals surface area contributed by atoms with Crippen molar-refractivity contribution in [3.05, 3.63) is 36.7 Å². The maximum atomic E-state index is 13.2. The summed E-state index contributed by atoms with van der Waals surface area (Å²) in [6, 6.07) is 0. The van der Waals surface area contributed by atoms with Gasteiger partial charge >= 0.3 is 11.8 Å². The van der Waals surface area contributed by atoms with Gasteiger partial charge in [0.2, 0.25) is 0 Å². The standard InChI is InChI=1S/C15H21F4N/c1-4-20-11(2)7-5-6-8-12-9-13(12)10-15(18,19)14(3,16)17/h4,9,13,20H,1-2,5-8,10H2,3H3. The summed E-state index contributed by atoms with van der Waals surface area (Å²) in [6.07, 6.45) is 5.63. The van der Waals surface area contributed by atoms with Crippen LogP contribution in [0.4, 0.5) is 17.6 Å². The molecule has 0 heterocycles. The number of hydrogen-bond donors (Lipinski definition) is 1. The van der Waals surface area contributed by atoms with Crippen molar-refractivity contribution in [2.24, 2.45) is 5.92 Å². The Hall–Kier alpha value is -1.26. The fraction of sp³-hybridized carbons (Fsp3) is 0.600. The van der Waals surface area contributed by atoms with E-state index < -0.39 is 24.2 Å². The number of hydrogen-bond acceptors (Lipinski definition) is 1. The van der Waals surface area contributed by atoms with Crippen molar-refractivity contribution in [2.75, 3.05) is 0 Å². The van der Waals surface area contributed by atoms with Crippen molar-refractivity contribution in [1.29, 1.82) is 0 Å². The van der Waals surface area contributed by atoms with Crippen LogP contribution in [0.25, 0.3) is 0 Å². The lowest BCUT2D eigenvalue weighted by Crippen LogP contribution is -2.38. The third-order valence-electron chi connectivity index (χ3n) is 3.40. The molecule has 0 amide bonds. The molecule has 0 aromatic carbocycles. The fourth-order valence-electron chi connectivity index (χ4n) is 2.01. The molecule has 20 heavy (non-hydrogen) atoms. The van der Waals surface area contributed by atoms with Gasteiger partial charge in [-0.05, 0) is 31.9 Å². The molecule has 1 N–H and O–H groups in total. The molecule has 1 nitrogen and oxygen atoms in total. The first-order valence-electron chi connectivity index (χ1n) is 6.69. The molecule has 0 fully saturated rings. The van der Waals surface area contributed by atoms with Gasteiger partial charge in [0.1, 0.15) is 0 Å². The van der Waals surface area contributed by atoms with Gasteiger partial charge in [-0.25, -0.2) is 8.78 Å². The molecule has 1 aliphatic carbocycles. The van der Waals surface area contributed by atoms with E-state index in [1.807, 2.05) is 0 Å². The molecule has 5 heteroatoms. The average molecular weight is 291 g/mol. The van der Waals surface area contributed by atoms with E-state index in [9.17, 15) is 17.6 Å². The van der Waals surface area contributed by atoms with Crippen LogP contribution in [-0.2, 0) is 0 Å². The Morgan fingerprint density at radius 2 is 2.00 bits per heavy atom. The Morgan fingerprint density at radius 3 is 2.55 bits per heavy atom. The smallest absolute Gasteiger partial charge is 0.310 e. The molecular weight excluding hydrogens is 270 g/mol. The number of allylic oxidation sites excluding steroid dienone is 3. The molecule has 1 unspecified atom stereocenters. The summed E-state index contributed by atoms with van der Waals surface area (Å²) in [5, 5.41) is 2.88. The number of rotatable bonds is 10. The fourth-order valence-corrected chi connectivity index (χ4v) is 2.01. The number of alkyl halides is 4. The molecule has 0 aliphatic heterocycles. The minimum absolute atomic E-state index is 0.271. The highest BCUT2D eigenvalue weighted by molar-refractivity contribution is 5.29. The van der Waals surface area contributed by atoms with E-state index in [1.54, 1.807) is 12.3 Å². The predicted molar refractivity (Wildman–Crippen MR) is 72.7 cm³/mol. The summed E-state index contributed by atoms with van der Waals surface area (Å²) in [6.45, 7) is 7.58. The van der Waals surface area contributed by atoms with Gasteiger partial charge in [0, 0.05) is 25.0 Å². The average Bonchev–Trinajstić information content (AvgIpc) is 3.01. The summed E-state index contributed by atoms with van der Waals surface area (Å²) in [5.74, 6) is -8.34. The molecule has 1 aliphatic rings. The van der Waals surface area contributed by atoms with Crippen LogP contribution in [0.15, 0.2) is 36.7 Å². The van der Waals surface area contributed by atoms with Crippen LogP contribution in [0.5, 0.6) is 0 Å². The second kappa shape index (κ2) is 6.46. The molecule has 114 valence electrons. The van der Waals surface area contributed by atoms with E-state index in [2.05, 4.69) is 18.5 Å². The topological polar surface area (TPSA) is 12.0 Å². The first-order valence-corrected chi connectivity index (χ1v) is 6.69. The van der Waals surface area contributed by atoms with Crippen LogP contribution in [-0.4, -0.2) is 11.8 Å². The highest BCUT2D eigenvalue weighted by Gasteiger charge is 2.54. The van der Waals surface area contributed by atoms with E-state index in [1.165, 1.54) is 0 Å². The van der Waals surface area contributed by atoms with Crippen molar-refractivity contribution < 1.29 is 17.6 Å². The Bertz CT molecular complexity index is 393. The van der Waals surface area contributed by atoms with Gasteiger partial charge in [0.15, 0.2) is 0 Å². The molecule has 0 saturated heterocycles. The zero-order chi connectivity index (χ0) is 15.4. The quantitative estimate of drug-likeness (QED) is 0.338. The third-order valence-corrected chi connectivity index (χ3v) is 3.40. The van der Waals surface area contributed by atoms with Crippen LogP contribution >= 0.6 is 0 Å². The number of unbranched alkanes of at least 4 members (excludes halogenated alkanes) is 1. The van der Waals surface area contributed by atoms with Crippen LogP contribution in [0.1, 0.15) is 39.0 Å². The first kappa shape index (κ1) is 16.8. The van der Waals surface area contributed by atoms with Crippen LogP contribution < -0.4 is 5.32 Å². The van der Waals surface area contributed by atoms with Gasteiger partial charge in [-0.2, -0.15) is 8.78 Å². The molecule has 0 aromatic heterocycles. The van der Waals surface area contributed by atoms with Crippen molar-refractivity contribution >= 4 is 0 Å². The van der Waals surface area contributed by atoms with Gasteiger partial charge in [-0.3, -0.25) is 0 Å². The molecule has 0 radical (unpaired) electrons. The highest BCUT2D eigenvalue weighted by Crippen LogP contribution is 2.46. The number of halogens is 4. The summed E-state index contributed by atoms with van der Waals surface area (Å²) >= 11 is 0.